The number of anilines is 1. The van der Waals surface area contributed by atoms with Crippen LogP contribution in [0.25, 0.3) is 17.3 Å². The van der Waals surface area contributed by atoms with E-state index in [1.165, 1.54) is 5.56 Å². The topological polar surface area (TPSA) is 58.6 Å². The lowest BCUT2D eigenvalue weighted by Gasteiger charge is -2.35. The first-order valence-corrected chi connectivity index (χ1v) is 10.4. The Morgan fingerprint density at radius 3 is 2.52 bits per heavy atom. The second-order valence-electron chi connectivity index (χ2n) is 7.55. The summed E-state index contributed by atoms with van der Waals surface area (Å²) in [6, 6.07) is 17.9. The third kappa shape index (κ3) is 5.09. The molecule has 1 aliphatic rings. The highest BCUT2D eigenvalue weighted by atomic mass is 16.5. The van der Waals surface area contributed by atoms with Crippen LogP contribution in [0.2, 0.25) is 0 Å². The summed E-state index contributed by atoms with van der Waals surface area (Å²) in [6.07, 6.45) is 5.12. The number of ether oxygens (including phenoxy) is 1. The van der Waals surface area contributed by atoms with Gasteiger partial charge >= 0.3 is 0 Å². The van der Waals surface area contributed by atoms with Crippen LogP contribution in [-0.2, 0) is 4.79 Å². The lowest BCUT2D eigenvalue weighted by molar-refractivity contribution is -0.126. The first-order valence-electron chi connectivity index (χ1n) is 10.4. The van der Waals surface area contributed by atoms with E-state index in [2.05, 4.69) is 21.8 Å². The Balaban J connectivity index is 1.38. The van der Waals surface area contributed by atoms with E-state index in [0.29, 0.717) is 13.1 Å². The Hall–Kier alpha value is -3.67. The van der Waals surface area contributed by atoms with Gasteiger partial charge in [-0.05, 0) is 30.7 Å². The van der Waals surface area contributed by atoms with E-state index in [4.69, 9.17) is 4.74 Å². The summed E-state index contributed by atoms with van der Waals surface area (Å²) in [4.78, 5) is 25.5. The number of carbonyl (C=O) groups is 1. The number of aromatic nitrogens is 2. The molecule has 1 aliphatic heterocycles. The van der Waals surface area contributed by atoms with Gasteiger partial charge in [-0.1, -0.05) is 42.0 Å². The first kappa shape index (κ1) is 20.6. The van der Waals surface area contributed by atoms with E-state index in [0.717, 1.165) is 41.5 Å². The predicted octanol–water partition coefficient (Wildman–Crippen LogP) is 3.82. The maximum atomic E-state index is 12.6. The van der Waals surface area contributed by atoms with Crippen LogP contribution in [0.5, 0.6) is 5.75 Å². The molecule has 0 bridgehead atoms. The molecule has 2 heterocycles. The Labute approximate surface area is 182 Å². The average Bonchev–Trinajstić information content (AvgIpc) is 2.84. The third-order valence-electron chi connectivity index (χ3n) is 5.43. The number of hydrogen-bond donors (Lipinski definition) is 0. The highest BCUT2D eigenvalue weighted by molar-refractivity contribution is 5.92. The molecule has 1 saturated heterocycles. The van der Waals surface area contributed by atoms with Crippen molar-refractivity contribution in [1.82, 2.24) is 14.9 Å². The minimum Gasteiger partial charge on any atom is -0.497 e. The molecule has 1 amide bonds. The maximum Gasteiger partial charge on any atom is 0.246 e. The van der Waals surface area contributed by atoms with Crippen LogP contribution >= 0.6 is 0 Å². The molecule has 0 spiro atoms. The van der Waals surface area contributed by atoms with Gasteiger partial charge in [0.2, 0.25) is 5.91 Å². The number of rotatable bonds is 5. The fourth-order valence-electron chi connectivity index (χ4n) is 3.57. The Morgan fingerprint density at radius 1 is 1.00 bits per heavy atom. The van der Waals surface area contributed by atoms with Gasteiger partial charge in [0.15, 0.2) is 0 Å². The number of carbonyl (C=O) groups excluding carboxylic acids is 1. The molecule has 0 unspecified atom stereocenters. The molecule has 1 aromatic heterocycles. The molecule has 3 aromatic rings. The molecule has 0 aliphatic carbocycles. The van der Waals surface area contributed by atoms with Gasteiger partial charge in [-0.2, -0.15) is 0 Å². The fraction of sp³-hybridized carbons (Fsp3) is 0.240. The molecule has 158 valence electrons. The van der Waals surface area contributed by atoms with Gasteiger partial charge in [-0.25, -0.2) is 9.97 Å². The molecule has 6 nitrogen and oxygen atoms in total. The summed E-state index contributed by atoms with van der Waals surface area (Å²) in [6.45, 7) is 4.85. The summed E-state index contributed by atoms with van der Waals surface area (Å²) in [7, 11) is 1.65. The average molecular weight is 415 g/mol. The quantitative estimate of drug-likeness (QED) is 0.594. The van der Waals surface area contributed by atoms with Crippen molar-refractivity contribution in [3.63, 3.8) is 0 Å². The largest absolute Gasteiger partial charge is 0.497 e. The van der Waals surface area contributed by atoms with E-state index in [-0.39, 0.29) is 5.91 Å². The van der Waals surface area contributed by atoms with Gasteiger partial charge < -0.3 is 14.5 Å². The highest BCUT2D eigenvalue weighted by Crippen LogP contribution is 2.24. The van der Waals surface area contributed by atoms with E-state index in [1.807, 2.05) is 65.6 Å². The molecule has 0 N–H and O–H groups in total. The lowest BCUT2D eigenvalue weighted by atomic mass is 10.1. The van der Waals surface area contributed by atoms with Crippen molar-refractivity contribution >= 4 is 17.8 Å². The first-order chi connectivity index (χ1) is 15.1. The van der Waals surface area contributed by atoms with E-state index in [1.54, 1.807) is 19.5 Å². The minimum atomic E-state index is 0.0417. The van der Waals surface area contributed by atoms with Crippen molar-refractivity contribution in [2.75, 3.05) is 38.2 Å². The second-order valence-corrected chi connectivity index (χ2v) is 7.55. The van der Waals surface area contributed by atoms with Crippen LogP contribution in [0, 0.1) is 6.92 Å². The zero-order valence-electron chi connectivity index (χ0n) is 17.9. The van der Waals surface area contributed by atoms with Gasteiger partial charge in [-0.3, -0.25) is 4.79 Å². The second kappa shape index (κ2) is 9.43. The van der Waals surface area contributed by atoms with Crippen molar-refractivity contribution in [2.24, 2.45) is 0 Å². The molecule has 0 radical (unpaired) electrons. The van der Waals surface area contributed by atoms with Gasteiger partial charge in [0.1, 0.15) is 17.9 Å². The van der Waals surface area contributed by atoms with E-state index >= 15 is 0 Å². The van der Waals surface area contributed by atoms with Gasteiger partial charge in [0.25, 0.3) is 0 Å². The Kier molecular flexibility index (Phi) is 6.26. The van der Waals surface area contributed by atoms with E-state index < -0.39 is 0 Å². The number of amides is 1. The molecule has 4 rings (SSSR count). The van der Waals surface area contributed by atoms with Crippen molar-refractivity contribution in [3.05, 3.63) is 78.1 Å². The molecular formula is C25H26N4O2. The van der Waals surface area contributed by atoms with Crippen LogP contribution in [0.4, 0.5) is 5.82 Å². The lowest BCUT2D eigenvalue weighted by Crippen LogP contribution is -2.48. The number of hydrogen-bond acceptors (Lipinski definition) is 5. The zero-order valence-corrected chi connectivity index (χ0v) is 17.9. The Morgan fingerprint density at radius 2 is 1.77 bits per heavy atom. The summed E-state index contributed by atoms with van der Waals surface area (Å²) in [5.74, 6) is 1.71. The third-order valence-corrected chi connectivity index (χ3v) is 5.43. The number of methoxy groups -OCH3 is 1. The number of benzene rings is 2. The zero-order chi connectivity index (χ0) is 21.6. The highest BCUT2D eigenvalue weighted by Gasteiger charge is 2.21. The van der Waals surface area contributed by atoms with Crippen molar-refractivity contribution in [3.8, 4) is 17.0 Å². The summed E-state index contributed by atoms with van der Waals surface area (Å²) >= 11 is 0. The molecule has 1 fully saturated rings. The van der Waals surface area contributed by atoms with Crippen LogP contribution in [0.3, 0.4) is 0 Å². The molecular weight excluding hydrogens is 388 g/mol. The fourth-order valence-corrected chi connectivity index (χ4v) is 3.57. The SMILES string of the molecule is COc1cccc(-c2cc(N3CCN(C(=O)C=Cc4ccc(C)cc4)CC3)ncn2)c1. The summed E-state index contributed by atoms with van der Waals surface area (Å²) in [5, 5.41) is 0. The van der Waals surface area contributed by atoms with Gasteiger partial charge in [-0.15, -0.1) is 0 Å². The number of nitrogens with zero attached hydrogens (tertiary/aromatic N) is 4. The van der Waals surface area contributed by atoms with E-state index in [9.17, 15) is 4.79 Å². The Bertz CT molecular complexity index is 1070. The monoisotopic (exact) mass is 414 g/mol. The smallest absolute Gasteiger partial charge is 0.246 e. The minimum absolute atomic E-state index is 0.0417. The molecule has 0 atom stereocenters. The van der Waals surface area contributed by atoms with Crippen LogP contribution in [0.15, 0.2) is 67.0 Å². The van der Waals surface area contributed by atoms with Gasteiger partial charge in [0.05, 0.1) is 12.8 Å². The molecule has 2 aromatic carbocycles. The molecule has 6 heteroatoms. The summed E-state index contributed by atoms with van der Waals surface area (Å²) < 4.78 is 5.31. The predicted molar refractivity (Wildman–Crippen MR) is 123 cm³/mol. The number of piperazine rings is 1. The van der Waals surface area contributed by atoms with Crippen LogP contribution in [-0.4, -0.2) is 54.1 Å². The van der Waals surface area contributed by atoms with Crippen molar-refractivity contribution < 1.29 is 9.53 Å². The summed E-state index contributed by atoms with van der Waals surface area (Å²) in [5.41, 5.74) is 4.07. The maximum absolute atomic E-state index is 12.6. The van der Waals surface area contributed by atoms with Crippen molar-refractivity contribution in [1.29, 1.82) is 0 Å². The normalized spacial score (nSPS) is 14.1. The number of aryl methyl sites for hydroxylation is 1. The van der Waals surface area contributed by atoms with Crippen LogP contribution in [0.1, 0.15) is 11.1 Å². The van der Waals surface area contributed by atoms with Crippen molar-refractivity contribution in [2.45, 2.75) is 6.92 Å². The van der Waals surface area contributed by atoms with Crippen LogP contribution < -0.4 is 9.64 Å². The standard InChI is InChI=1S/C25H26N4O2/c1-19-6-8-20(9-7-19)10-11-25(30)29-14-12-28(13-15-29)24-17-23(26-18-27-24)21-4-3-5-22(16-21)31-2/h3-11,16-18H,12-15H2,1-2H3. The molecule has 0 saturated carbocycles. The molecule has 31 heavy (non-hydrogen) atoms. The van der Waals surface area contributed by atoms with Gasteiger partial charge in [0, 0.05) is 43.9 Å².